The highest BCUT2D eigenvalue weighted by Gasteiger charge is 2.44. The number of para-hydroxylation sites is 3. The third-order valence-corrected chi connectivity index (χ3v) is 22.0. The molecule has 60 heavy (non-hydrogen) atoms. The minimum Gasteiger partial charge on any atom is -0.278 e. The highest BCUT2D eigenvalue weighted by atomic mass is 28.3. The average Bonchev–Trinajstić information content (AvgIpc) is 3.87. The molecule has 5 heteroatoms. The lowest BCUT2D eigenvalue weighted by Gasteiger charge is -2.37. The number of hydrogen-bond donors (Lipinski definition) is 0. The van der Waals surface area contributed by atoms with Gasteiger partial charge in [0.2, 0.25) is 5.78 Å². The molecule has 0 saturated heterocycles. The first-order chi connectivity index (χ1) is 29.8. The van der Waals surface area contributed by atoms with E-state index >= 15 is 0 Å². The van der Waals surface area contributed by atoms with Crippen LogP contribution >= 0.6 is 0 Å². The van der Waals surface area contributed by atoms with Crippen LogP contribution in [0.25, 0.3) is 33.5 Å². The van der Waals surface area contributed by atoms with Gasteiger partial charge in [0, 0.05) is 5.69 Å². The van der Waals surface area contributed by atoms with Gasteiger partial charge in [0.1, 0.15) is 0 Å². The SMILES string of the molecule is c1ccc(-n2c3ccc([Si](c4ccccc4)(c4ccccc4)c4ccc([Si](c5ccccc5)(c5ccccc5)c5ccccc5)cc4)cc3n3c4ccccc4nc23)cc1. The van der Waals surface area contributed by atoms with E-state index in [-0.39, 0.29) is 0 Å². The molecule has 0 aliphatic carbocycles. The Morgan fingerprint density at radius 1 is 0.283 bits per heavy atom. The molecule has 0 bridgehead atoms. The number of hydrogen-bond acceptors (Lipinski definition) is 1. The summed E-state index contributed by atoms with van der Waals surface area (Å²) < 4.78 is 4.67. The van der Waals surface area contributed by atoms with Crippen LogP contribution in [0.5, 0.6) is 0 Å². The Bertz CT molecular complexity index is 3080. The average molecular weight is 800 g/mol. The lowest BCUT2D eigenvalue weighted by molar-refractivity contribution is 1.11. The van der Waals surface area contributed by atoms with Gasteiger partial charge >= 0.3 is 0 Å². The predicted molar refractivity (Wildman–Crippen MR) is 257 cm³/mol. The molecule has 2 heterocycles. The van der Waals surface area contributed by atoms with E-state index in [1.165, 1.54) is 41.5 Å². The molecule has 0 aliphatic heterocycles. The summed E-state index contributed by atoms with van der Waals surface area (Å²) in [5.74, 6) is 0.912. The fourth-order valence-corrected chi connectivity index (χ4v) is 19.4. The van der Waals surface area contributed by atoms with Gasteiger partial charge < -0.3 is 0 Å². The second-order valence-corrected chi connectivity index (χ2v) is 23.1. The minimum absolute atomic E-state index is 0.912. The molecule has 3 nitrogen and oxygen atoms in total. The van der Waals surface area contributed by atoms with E-state index in [9.17, 15) is 0 Å². The summed E-state index contributed by atoms with van der Waals surface area (Å²) in [4.78, 5) is 5.24. The third-order valence-electron chi connectivity index (χ3n) is 12.4. The fourth-order valence-electron chi connectivity index (χ4n) is 9.88. The van der Waals surface area contributed by atoms with Gasteiger partial charge in [-0.25, -0.2) is 4.98 Å². The fraction of sp³-hybridized carbons (Fsp3) is 0. The summed E-state index contributed by atoms with van der Waals surface area (Å²) in [6, 6.07) is 92.3. The van der Waals surface area contributed by atoms with E-state index in [1.54, 1.807) is 0 Å². The second kappa shape index (κ2) is 14.8. The van der Waals surface area contributed by atoms with Crippen LogP contribution in [0.3, 0.4) is 0 Å². The van der Waals surface area contributed by atoms with Gasteiger partial charge in [-0.15, -0.1) is 0 Å². The minimum atomic E-state index is -2.97. The molecule has 11 rings (SSSR count). The quantitative estimate of drug-likeness (QED) is 0.112. The summed E-state index contributed by atoms with van der Waals surface area (Å²) >= 11 is 0. The smallest absolute Gasteiger partial charge is 0.220 e. The summed E-state index contributed by atoms with van der Waals surface area (Å²) in [5.41, 5.74) is 5.45. The Balaban J connectivity index is 1.21. The Kier molecular flexibility index (Phi) is 8.84. The summed E-state index contributed by atoms with van der Waals surface area (Å²) in [7, 11) is -5.70. The van der Waals surface area contributed by atoms with Crippen LogP contribution in [0.15, 0.2) is 249 Å². The van der Waals surface area contributed by atoms with Crippen molar-refractivity contribution >= 4 is 85.5 Å². The van der Waals surface area contributed by atoms with Crippen molar-refractivity contribution in [2.75, 3.05) is 0 Å². The maximum absolute atomic E-state index is 5.24. The van der Waals surface area contributed by atoms with E-state index in [4.69, 9.17) is 4.98 Å². The normalized spacial score (nSPS) is 12.0. The first-order valence-electron chi connectivity index (χ1n) is 20.6. The molecule has 0 fully saturated rings. The van der Waals surface area contributed by atoms with Crippen molar-refractivity contribution in [3.8, 4) is 5.69 Å². The molecule has 0 aliphatic rings. The zero-order valence-corrected chi connectivity index (χ0v) is 35.0. The van der Waals surface area contributed by atoms with Crippen molar-refractivity contribution in [2.45, 2.75) is 0 Å². The Morgan fingerprint density at radius 3 is 1.08 bits per heavy atom. The first kappa shape index (κ1) is 35.8. The molecule has 284 valence electrons. The number of fused-ring (bicyclic) bond motifs is 5. The topological polar surface area (TPSA) is 22.2 Å². The monoisotopic (exact) mass is 799 g/mol. The van der Waals surface area contributed by atoms with Gasteiger partial charge in [-0.05, 0) is 77.9 Å². The van der Waals surface area contributed by atoms with Crippen molar-refractivity contribution in [1.29, 1.82) is 0 Å². The second-order valence-electron chi connectivity index (χ2n) is 15.5. The maximum atomic E-state index is 5.24. The van der Waals surface area contributed by atoms with Crippen molar-refractivity contribution < 1.29 is 0 Å². The maximum Gasteiger partial charge on any atom is 0.220 e. The van der Waals surface area contributed by atoms with Crippen LogP contribution < -0.4 is 41.5 Å². The van der Waals surface area contributed by atoms with Crippen molar-refractivity contribution in [3.05, 3.63) is 249 Å². The van der Waals surface area contributed by atoms with Crippen molar-refractivity contribution in [1.82, 2.24) is 14.0 Å². The highest BCUT2D eigenvalue weighted by Crippen LogP contribution is 2.29. The van der Waals surface area contributed by atoms with Gasteiger partial charge in [0.15, 0.2) is 16.1 Å². The van der Waals surface area contributed by atoms with Crippen LogP contribution in [0, 0.1) is 0 Å². The van der Waals surface area contributed by atoms with Crippen LogP contribution in [-0.2, 0) is 0 Å². The van der Waals surface area contributed by atoms with E-state index in [0.29, 0.717) is 0 Å². The molecule has 0 radical (unpaired) electrons. The number of imidazole rings is 2. The van der Waals surface area contributed by atoms with E-state index in [1.807, 2.05) is 0 Å². The van der Waals surface area contributed by atoms with E-state index in [0.717, 1.165) is 33.5 Å². The molecule has 11 aromatic rings. The van der Waals surface area contributed by atoms with Gasteiger partial charge in [-0.2, -0.15) is 0 Å². The van der Waals surface area contributed by atoms with Gasteiger partial charge in [0.25, 0.3) is 0 Å². The molecule has 0 amide bonds. The van der Waals surface area contributed by atoms with Crippen molar-refractivity contribution in [2.24, 2.45) is 0 Å². The van der Waals surface area contributed by atoms with Crippen LogP contribution in [0.2, 0.25) is 0 Å². The lowest BCUT2D eigenvalue weighted by atomic mass is 10.2. The van der Waals surface area contributed by atoms with Gasteiger partial charge in [-0.3, -0.25) is 8.97 Å². The Labute approximate surface area is 352 Å². The van der Waals surface area contributed by atoms with Gasteiger partial charge in [0.05, 0.1) is 22.1 Å². The van der Waals surface area contributed by atoms with E-state index < -0.39 is 16.1 Å². The van der Waals surface area contributed by atoms with Crippen LogP contribution in [0.4, 0.5) is 0 Å². The number of benzene rings is 9. The molecule has 2 aromatic heterocycles. The summed E-state index contributed by atoms with van der Waals surface area (Å²) in [6.07, 6.45) is 0. The summed E-state index contributed by atoms with van der Waals surface area (Å²) in [5, 5.41) is 10.8. The molecule has 0 N–H and O–H groups in total. The first-order valence-corrected chi connectivity index (χ1v) is 24.6. The molecular weight excluding hydrogens is 759 g/mol. The molecule has 0 saturated carbocycles. The number of aromatic nitrogens is 3. The third kappa shape index (κ3) is 5.51. The van der Waals surface area contributed by atoms with Crippen LogP contribution in [-0.4, -0.2) is 30.1 Å². The lowest BCUT2D eigenvalue weighted by Crippen LogP contribution is -2.76. The molecule has 0 atom stereocenters. The van der Waals surface area contributed by atoms with Crippen molar-refractivity contribution in [3.63, 3.8) is 0 Å². The highest BCUT2D eigenvalue weighted by molar-refractivity contribution is 7.21. The zero-order chi connectivity index (χ0) is 39.9. The molecular formula is C55H41N3Si2. The molecule has 0 spiro atoms. The zero-order valence-electron chi connectivity index (χ0n) is 33.0. The molecule has 9 aromatic carbocycles. The Morgan fingerprint density at radius 2 is 0.633 bits per heavy atom. The molecule has 0 unspecified atom stereocenters. The number of nitrogens with zero attached hydrogens (tertiary/aromatic N) is 3. The largest absolute Gasteiger partial charge is 0.278 e. The van der Waals surface area contributed by atoms with E-state index in [2.05, 4.69) is 258 Å². The number of rotatable bonds is 9. The predicted octanol–water partition coefficient (Wildman–Crippen LogP) is 7.19. The Hall–Kier alpha value is -7.32. The van der Waals surface area contributed by atoms with Crippen LogP contribution in [0.1, 0.15) is 0 Å². The summed E-state index contributed by atoms with van der Waals surface area (Å²) in [6.45, 7) is 0. The van der Waals surface area contributed by atoms with Gasteiger partial charge in [-0.1, -0.05) is 212 Å². The standard InChI is InChI=1S/C55H41N3Si2/c1-7-21-42(22-8-1)57-53-40-39-50(41-54(53)58-52-34-20-19-33-51(52)56-55(57)58)60(46-29-15-5-16-30-46,47-31-17-6-18-32-47)49-37-35-48(36-38-49)59(43-23-9-2-10-24-43,44-25-11-3-12-26-44)45-27-13-4-14-28-45/h1-41H.